The van der Waals surface area contributed by atoms with Crippen LogP contribution in [0.4, 0.5) is 0 Å². The van der Waals surface area contributed by atoms with Gasteiger partial charge in [0.15, 0.2) is 0 Å². The molecule has 0 saturated carbocycles. The number of nitrogens with two attached hydrogens (primary N) is 1. The Morgan fingerprint density at radius 3 is 2.71 bits per heavy atom. The van der Waals surface area contributed by atoms with E-state index in [0.717, 1.165) is 12.8 Å². The van der Waals surface area contributed by atoms with E-state index in [0.29, 0.717) is 11.4 Å². The number of H-pyrrole nitrogens is 1. The molecule has 4 N–H and O–H groups in total. The van der Waals surface area contributed by atoms with Gasteiger partial charge in [-0.25, -0.2) is 13.1 Å². The predicted molar refractivity (Wildman–Crippen MR) is 65.9 cm³/mol. The van der Waals surface area contributed by atoms with Crippen LogP contribution in [-0.4, -0.2) is 24.7 Å². The zero-order valence-corrected chi connectivity index (χ0v) is 11.3. The molecule has 1 aromatic heterocycles. The summed E-state index contributed by atoms with van der Waals surface area (Å²) in [6, 6.07) is -0.0927. The number of nitrogens with zero attached hydrogens (tertiary/aromatic N) is 1. The van der Waals surface area contributed by atoms with Gasteiger partial charge in [0, 0.05) is 12.6 Å². The second kappa shape index (κ2) is 5.61. The third-order valence-corrected chi connectivity index (χ3v) is 4.29. The van der Waals surface area contributed by atoms with E-state index in [-0.39, 0.29) is 17.5 Å². The molecule has 6 nitrogen and oxygen atoms in total. The molecule has 98 valence electrons. The SMILES string of the molecule is CCCC(C)NS(=O)(=O)c1c(CN)n[nH]c1C. The molecule has 0 aromatic carbocycles. The number of aromatic nitrogens is 2. The Kier molecular flexibility index (Phi) is 4.67. The Morgan fingerprint density at radius 2 is 2.18 bits per heavy atom. The lowest BCUT2D eigenvalue weighted by Gasteiger charge is -2.13. The fourth-order valence-electron chi connectivity index (χ4n) is 1.78. The number of aromatic amines is 1. The van der Waals surface area contributed by atoms with E-state index in [2.05, 4.69) is 14.9 Å². The summed E-state index contributed by atoms with van der Waals surface area (Å²) in [5.41, 5.74) is 6.36. The molecule has 17 heavy (non-hydrogen) atoms. The summed E-state index contributed by atoms with van der Waals surface area (Å²) in [5, 5.41) is 6.53. The van der Waals surface area contributed by atoms with Crippen molar-refractivity contribution in [1.29, 1.82) is 0 Å². The van der Waals surface area contributed by atoms with Crippen LogP contribution in [0.2, 0.25) is 0 Å². The highest BCUT2D eigenvalue weighted by atomic mass is 32.2. The Bertz CT molecular complexity index is 467. The summed E-state index contributed by atoms with van der Waals surface area (Å²) in [6.45, 7) is 5.63. The molecule has 0 bridgehead atoms. The molecule has 0 aliphatic carbocycles. The quantitative estimate of drug-likeness (QED) is 0.698. The van der Waals surface area contributed by atoms with Crippen molar-refractivity contribution in [2.24, 2.45) is 5.73 Å². The maximum Gasteiger partial charge on any atom is 0.244 e. The van der Waals surface area contributed by atoms with Crippen molar-refractivity contribution in [3.63, 3.8) is 0 Å². The van der Waals surface area contributed by atoms with Crippen molar-refractivity contribution < 1.29 is 8.42 Å². The first kappa shape index (κ1) is 14.1. The molecule has 0 aliphatic heterocycles. The van der Waals surface area contributed by atoms with Crippen LogP contribution in [0.5, 0.6) is 0 Å². The van der Waals surface area contributed by atoms with Crippen molar-refractivity contribution >= 4 is 10.0 Å². The standard InChI is InChI=1S/C10H20N4O2S/c1-4-5-7(2)14-17(15,16)10-8(3)12-13-9(10)6-11/h7,14H,4-6,11H2,1-3H3,(H,12,13). The molecule has 0 saturated heterocycles. The Balaban J connectivity index is 3.00. The highest BCUT2D eigenvalue weighted by molar-refractivity contribution is 7.89. The van der Waals surface area contributed by atoms with Gasteiger partial charge in [-0.3, -0.25) is 5.10 Å². The number of sulfonamides is 1. The molecule has 0 radical (unpaired) electrons. The molecule has 1 atom stereocenters. The second-order valence-corrected chi connectivity index (χ2v) is 5.79. The van der Waals surface area contributed by atoms with Gasteiger partial charge in [-0.15, -0.1) is 0 Å². The number of nitrogens with one attached hydrogen (secondary N) is 2. The molecule has 0 amide bonds. The first-order valence-electron chi connectivity index (χ1n) is 5.68. The van der Waals surface area contributed by atoms with Gasteiger partial charge in [-0.05, 0) is 20.3 Å². The Labute approximate surface area is 102 Å². The zero-order valence-electron chi connectivity index (χ0n) is 10.4. The van der Waals surface area contributed by atoms with Gasteiger partial charge in [0.05, 0.1) is 11.4 Å². The minimum atomic E-state index is -3.54. The summed E-state index contributed by atoms with van der Waals surface area (Å²) in [5.74, 6) is 0. The van der Waals surface area contributed by atoms with Gasteiger partial charge in [-0.2, -0.15) is 5.10 Å². The molecule has 1 aromatic rings. The second-order valence-electron chi connectivity index (χ2n) is 4.14. The minimum absolute atomic E-state index is 0.0927. The molecule has 7 heteroatoms. The summed E-state index contributed by atoms with van der Waals surface area (Å²) < 4.78 is 26.9. The van der Waals surface area contributed by atoms with Crippen molar-refractivity contribution in [1.82, 2.24) is 14.9 Å². The third kappa shape index (κ3) is 3.27. The Hall–Kier alpha value is -0.920. The number of rotatable bonds is 6. The maximum absolute atomic E-state index is 12.2. The van der Waals surface area contributed by atoms with Gasteiger partial charge in [-0.1, -0.05) is 13.3 Å². The summed E-state index contributed by atoms with van der Waals surface area (Å²) in [6.07, 6.45) is 1.73. The number of aryl methyl sites for hydroxylation is 1. The largest absolute Gasteiger partial charge is 0.325 e. The minimum Gasteiger partial charge on any atom is -0.325 e. The molecule has 0 fully saturated rings. The van der Waals surface area contributed by atoms with Crippen LogP contribution in [0, 0.1) is 6.92 Å². The number of hydrogen-bond acceptors (Lipinski definition) is 4. The topological polar surface area (TPSA) is 101 Å². The van der Waals surface area contributed by atoms with Crippen LogP contribution >= 0.6 is 0 Å². The average molecular weight is 260 g/mol. The maximum atomic E-state index is 12.2. The first-order valence-corrected chi connectivity index (χ1v) is 7.17. The van der Waals surface area contributed by atoms with Gasteiger partial charge < -0.3 is 5.73 Å². The normalized spacial score (nSPS) is 13.9. The fraction of sp³-hybridized carbons (Fsp3) is 0.700. The van der Waals surface area contributed by atoms with Crippen LogP contribution in [0.1, 0.15) is 38.1 Å². The van der Waals surface area contributed by atoms with Gasteiger partial charge >= 0.3 is 0 Å². The van der Waals surface area contributed by atoms with E-state index >= 15 is 0 Å². The van der Waals surface area contributed by atoms with Crippen molar-refractivity contribution in [2.75, 3.05) is 0 Å². The summed E-state index contributed by atoms with van der Waals surface area (Å²) in [7, 11) is -3.54. The van der Waals surface area contributed by atoms with E-state index in [1.807, 2.05) is 13.8 Å². The fourth-order valence-corrected chi connectivity index (χ4v) is 3.43. The molecule has 1 unspecified atom stereocenters. The first-order chi connectivity index (χ1) is 7.92. The lowest BCUT2D eigenvalue weighted by atomic mass is 10.2. The van der Waals surface area contributed by atoms with Crippen LogP contribution in [0.3, 0.4) is 0 Å². The molecular formula is C10H20N4O2S. The third-order valence-electron chi connectivity index (χ3n) is 2.50. The van der Waals surface area contributed by atoms with Crippen molar-refractivity contribution in [3.05, 3.63) is 11.4 Å². The number of hydrogen-bond donors (Lipinski definition) is 3. The van der Waals surface area contributed by atoms with Crippen LogP contribution in [0.25, 0.3) is 0 Å². The van der Waals surface area contributed by atoms with Crippen LogP contribution < -0.4 is 10.5 Å². The van der Waals surface area contributed by atoms with Crippen LogP contribution in [-0.2, 0) is 16.6 Å². The van der Waals surface area contributed by atoms with Gasteiger partial charge in [0.1, 0.15) is 4.90 Å². The van der Waals surface area contributed by atoms with Crippen LogP contribution in [0.15, 0.2) is 4.90 Å². The molecule has 1 heterocycles. The zero-order chi connectivity index (χ0) is 13.1. The van der Waals surface area contributed by atoms with E-state index in [4.69, 9.17) is 5.73 Å². The van der Waals surface area contributed by atoms with E-state index in [1.54, 1.807) is 6.92 Å². The van der Waals surface area contributed by atoms with Gasteiger partial charge in [0.2, 0.25) is 10.0 Å². The average Bonchev–Trinajstić information content (AvgIpc) is 2.59. The highest BCUT2D eigenvalue weighted by Gasteiger charge is 2.24. The summed E-state index contributed by atoms with van der Waals surface area (Å²) in [4.78, 5) is 0.183. The Morgan fingerprint density at radius 1 is 1.53 bits per heavy atom. The summed E-state index contributed by atoms with van der Waals surface area (Å²) >= 11 is 0. The van der Waals surface area contributed by atoms with E-state index in [9.17, 15) is 8.42 Å². The lowest BCUT2D eigenvalue weighted by molar-refractivity contribution is 0.542. The van der Waals surface area contributed by atoms with Gasteiger partial charge in [0.25, 0.3) is 0 Å². The molecule has 0 spiro atoms. The molecule has 0 aliphatic rings. The van der Waals surface area contributed by atoms with Crippen molar-refractivity contribution in [2.45, 2.75) is 51.1 Å². The monoisotopic (exact) mass is 260 g/mol. The smallest absolute Gasteiger partial charge is 0.244 e. The van der Waals surface area contributed by atoms with E-state index in [1.165, 1.54) is 0 Å². The lowest BCUT2D eigenvalue weighted by Crippen LogP contribution is -2.33. The molecular weight excluding hydrogens is 240 g/mol. The predicted octanol–water partition coefficient (Wildman–Crippen LogP) is 0.644. The highest BCUT2D eigenvalue weighted by Crippen LogP contribution is 2.17. The molecule has 1 rings (SSSR count). The van der Waals surface area contributed by atoms with E-state index < -0.39 is 10.0 Å². The van der Waals surface area contributed by atoms with Crippen molar-refractivity contribution in [3.8, 4) is 0 Å².